The van der Waals surface area contributed by atoms with Crippen LogP contribution in [0.5, 0.6) is 5.75 Å². The van der Waals surface area contributed by atoms with Crippen LogP contribution in [0, 0.1) is 12.7 Å². The fourth-order valence-corrected chi connectivity index (χ4v) is 1.77. The van der Waals surface area contributed by atoms with E-state index in [-0.39, 0.29) is 11.9 Å². The molecular weight excluding hydrogens is 229 g/mol. The van der Waals surface area contributed by atoms with Gasteiger partial charge in [-0.25, -0.2) is 4.39 Å². The summed E-state index contributed by atoms with van der Waals surface area (Å²) in [7, 11) is 0. The third kappa shape index (κ3) is 5.05. The van der Waals surface area contributed by atoms with Gasteiger partial charge in [-0.05, 0) is 44.9 Å². The predicted octanol–water partition coefficient (Wildman–Crippen LogP) is 3.68. The summed E-state index contributed by atoms with van der Waals surface area (Å²) in [5.74, 6) is 0.115. The molecule has 18 heavy (non-hydrogen) atoms. The number of hydrogen-bond donors (Lipinski definition) is 1. The Morgan fingerprint density at radius 2 is 2.00 bits per heavy atom. The molecule has 1 rings (SSSR count). The lowest BCUT2D eigenvalue weighted by atomic mass is 10.2. The van der Waals surface area contributed by atoms with E-state index < -0.39 is 0 Å². The van der Waals surface area contributed by atoms with Gasteiger partial charge >= 0.3 is 0 Å². The van der Waals surface area contributed by atoms with E-state index in [1.54, 1.807) is 19.1 Å². The van der Waals surface area contributed by atoms with Crippen LogP contribution in [0.15, 0.2) is 18.2 Å². The molecule has 0 bridgehead atoms. The van der Waals surface area contributed by atoms with Gasteiger partial charge in [0.25, 0.3) is 0 Å². The normalized spacial score (nSPS) is 12.8. The molecule has 0 aliphatic rings. The molecule has 0 fully saturated rings. The van der Waals surface area contributed by atoms with Gasteiger partial charge in [-0.1, -0.05) is 26.0 Å². The van der Waals surface area contributed by atoms with Crippen LogP contribution < -0.4 is 10.1 Å². The van der Waals surface area contributed by atoms with Gasteiger partial charge in [-0.15, -0.1) is 0 Å². The summed E-state index contributed by atoms with van der Waals surface area (Å²) < 4.78 is 19.3. The molecular formula is C15H24FNO. The molecule has 0 spiro atoms. The minimum atomic E-state index is -0.246. The maximum atomic E-state index is 13.7. The molecule has 1 atom stereocenters. The highest BCUT2D eigenvalue weighted by atomic mass is 19.1. The van der Waals surface area contributed by atoms with Crippen molar-refractivity contribution in [3.63, 3.8) is 0 Å². The van der Waals surface area contributed by atoms with E-state index in [0.29, 0.717) is 17.4 Å². The number of ether oxygens (including phenoxy) is 1. The van der Waals surface area contributed by atoms with Gasteiger partial charge in [0, 0.05) is 6.04 Å². The van der Waals surface area contributed by atoms with Crippen molar-refractivity contribution < 1.29 is 9.13 Å². The number of benzene rings is 1. The van der Waals surface area contributed by atoms with E-state index in [4.69, 9.17) is 4.74 Å². The van der Waals surface area contributed by atoms with Crippen LogP contribution in [0.3, 0.4) is 0 Å². The second-order valence-corrected chi connectivity index (χ2v) is 5.07. The first-order chi connectivity index (χ1) is 8.50. The standard InChI is InChI=1S/C15H24FNO/c1-11(2)17-10-6-8-13(4)18-14-9-5-7-12(3)15(14)16/h5,7,9,11,13,17H,6,8,10H2,1-4H3. The molecule has 0 heterocycles. The molecule has 0 saturated heterocycles. The average Bonchev–Trinajstić information content (AvgIpc) is 2.30. The lowest BCUT2D eigenvalue weighted by Gasteiger charge is -2.16. The highest BCUT2D eigenvalue weighted by molar-refractivity contribution is 5.30. The van der Waals surface area contributed by atoms with Gasteiger partial charge in [0.2, 0.25) is 0 Å². The van der Waals surface area contributed by atoms with E-state index >= 15 is 0 Å². The van der Waals surface area contributed by atoms with Gasteiger partial charge in [-0.2, -0.15) is 0 Å². The molecule has 3 heteroatoms. The first kappa shape index (κ1) is 15.0. The van der Waals surface area contributed by atoms with Crippen molar-refractivity contribution in [2.45, 2.75) is 52.7 Å². The highest BCUT2D eigenvalue weighted by Gasteiger charge is 2.09. The molecule has 2 nitrogen and oxygen atoms in total. The monoisotopic (exact) mass is 253 g/mol. The molecule has 1 aromatic rings. The van der Waals surface area contributed by atoms with E-state index in [9.17, 15) is 4.39 Å². The highest BCUT2D eigenvalue weighted by Crippen LogP contribution is 2.21. The summed E-state index contributed by atoms with van der Waals surface area (Å²) in [6.45, 7) is 8.96. The Kier molecular flexibility index (Phi) is 6.13. The molecule has 1 aromatic carbocycles. The Bertz CT molecular complexity index is 366. The van der Waals surface area contributed by atoms with Crippen LogP contribution in [0.25, 0.3) is 0 Å². The quantitative estimate of drug-likeness (QED) is 0.748. The van der Waals surface area contributed by atoms with Gasteiger partial charge < -0.3 is 10.1 Å². The van der Waals surface area contributed by atoms with Crippen molar-refractivity contribution in [3.8, 4) is 5.75 Å². The fourth-order valence-electron chi connectivity index (χ4n) is 1.77. The molecule has 0 saturated carbocycles. The van der Waals surface area contributed by atoms with Crippen LogP contribution in [0.2, 0.25) is 0 Å². The second kappa shape index (κ2) is 7.37. The summed E-state index contributed by atoms with van der Waals surface area (Å²) >= 11 is 0. The molecule has 0 amide bonds. The maximum absolute atomic E-state index is 13.7. The van der Waals surface area contributed by atoms with Gasteiger partial charge in [0.15, 0.2) is 11.6 Å². The Labute approximate surface area is 110 Å². The lowest BCUT2D eigenvalue weighted by molar-refractivity contribution is 0.198. The first-order valence-corrected chi connectivity index (χ1v) is 6.66. The van der Waals surface area contributed by atoms with E-state index in [1.807, 2.05) is 13.0 Å². The van der Waals surface area contributed by atoms with E-state index in [0.717, 1.165) is 19.4 Å². The van der Waals surface area contributed by atoms with Gasteiger partial charge in [-0.3, -0.25) is 0 Å². The SMILES string of the molecule is Cc1cccc(OC(C)CCCNC(C)C)c1F. The molecule has 0 aliphatic heterocycles. The summed E-state index contributed by atoms with van der Waals surface area (Å²) in [6.07, 6.45) is 2.00. The predicted molar refractivity (Wildman–Crippen MR) is 73.6 cm³/mol. The van der Waals surface area contributed by atoms with Crippen molar-refractivity contribution in [2.24, 2.45) is 0 Å². The summed E-state index contributed by atoms with van der Waals surface area (Å²) in [5.41, 5.74) is 0.626. The van der Waals surface area contributed by atoms with Crippen LogP contribution in [0.1, 0.15) is 39.2 Å². The zero-order valence-corrected chi connectivity index (χ0v) is 11.8. The average molecular weight is 253 g/mol. The summed E-state index contributed by atoms with van der Waals surface area (Å²) in [4.78, 5) is 0. The van der Waals surface area contributed by atoms with Crippen LogP contribution >= 0.6 is 0 Å². The number of nitrogens with one attached hydrogen (secondary N) is 1. The minimum Gasteiger partial charge on any atom is -0.488 e. The Hall–Kier alpha value is -1.09. The number of hydrogen-bond acceptors (Lipinski definition) is 2. The lowest BCUT2D eigenvalue weighted by Crippen LogP contribution is -2.25. The zero-order chi connectivity index (χ0) is 13.5. The molecule has 0 aromatic heterocycles. The van der Waals surface area contributed by atoms with E-state index in [1.165, 1.54) is 0 Å². The summed E-state index contributed by atoms with van der Waals surface area (Å²) in [5, 5.41) is 3.36. The number of rotatable bonds is 7. The zero-order valence-electron chi connectivity index (χ0n) is 11.8. The fraction of sp³-hybridized carbons (Fsp3) is 0.600. The van der Waals surface area contributed by atoms with Crippen LogP contribution in [-0.2, 0) is 0 Å². The third-order valence-corrected chi connectivity index (χ3v) is 2.82. The van der Waals surface area contributed by atoms with Crippen molar-refractivity contribution in [2.75, 3.05) is 6.54 Å². The largest absolute Gasteiger partial charge is 0.488 e. The van der Waals surface area contributed by atoms with Crippen molar-refractivity contribution in [1.82, 2.24) is 5.32 Å². The van der Waals surface area contributed by atoms with Gasteiger partial charge in [0.05, 0.1) is 6.10 Å². The Morgan fingerprint density at radius 3 is 2.67 bits per heavy atom. The molecule has 0 aliphatic carbocycles. The second-order valence-electron chi connectivity index (χ2n) is 5.07. The third-order valence-electron chi connectivity index (χ3n) is 2.82. The van der Waals surface area contributed by atoms with Gasteiger partial charge in [0.1, 0.15) is 0 Å². The van der Waals surface area contributed by atoms with Crippen LogP contribution in [0.4, 0.5) is 4.39 Å². The molecule has 1 unspecified atom stereocenters. The van der Waals surface area contributed by atoms with E-state index in [2.05, 4.69) is 19.2 Å². The van der Waals surface area contributed by atoms with Crippen molar-refractivity contribution in [3.05, 3.63) is 29.6 Å². The smallest absolute Gasteiger partial charge is 0.167 e. The topological polar surface area (TPSA) is 21.3 Å². The first-order valence-electron chi connectivity index (χ1n) is 6.66. The van der Waals surface area contributed by atoms with Crippen molar-refractivity contribution in [1.29, 1.82) is 0 Å². The Balaban J connectivity index is 2.35. The minimum absolute atomic E-state index is 0.0373. The molecule has 0 radical (unpaired) electrons. The summed E-state index contributed by atoms with van der Waals surface area (Å²) in [6, 6.07) is 5.77. The van der Waals surface area contributed by atoms with Crippen molar-refractivity contribution >= 4 is 0 Å². The molecule has 1 N–H and O–H groups in total. The Morgan fingerprint density at radius 1 is 1.28 bits per heavy atom. The number of halogens is 1. The molecule has 102 valence electrons. The maximum Gasteiger partial charge on any atom is 0.167 e. The number of aryl methyl sites for hydroxylation is 1. The van der Waals surface area contributed by atoms with Crippen LogP contribution in [-0.4, -0.2) is 18.7 Å².